The van der Waals surface area contributed by atoms with Crippen LogP contribution in [0.5, 0.6) is 0 Å². The van der Waals surface area contributed by atoms with Crippen LogP contribution in [-0.2, 0) is 19.1 Å². The molecular formula is C22H23FN2O5S. The van der Waals surface area contributed by atoms with Crippen LogP contribution in [0.15, 0.2) is 47.1 Å². The predicted molar refractivity (Wildman–Crippen MR) is 113 cm³/mol. The molecule has 2 aliphatic heterocycles. The Balaban J connectivity index is 1.85. The topological polar surface area (TPSA) is 88.8 Å². The van der Waals surface area contributed by atoms with Gasteiger partial charge in [-0.3, -0.25) is 19.7 Å². The van der Waals surface area contributed by atoms with Crippen molar-refractivity contribution in [2.24, 2.45) is 11.8 Å². The third kappa shape index (κ3) is 3.36. The second kappa shape index (κ2) is 8.47. The molecule has 4 rings (SSSR count). The lowest BCUT2D eigenvalue weighted by Gasteiger charge is -2.32. The molecule has 0 bridgehead atoms. The summed E-state index contributed by atoms with van der Waals surface area (Å²) < 4.78 is 25.4. The number of anilines is 1. The summed E-state index contributed by atoms with van der Waals surface area (Å²) in [6.07, 6.45) is 3.63. The van der Waals surface area contributed by atoms with Gasteiger partial charge in [0, 0.05) is 0 Å². The Hall–Kier alpha value is -2.65. The summed E-state index contributed by atoms with van der Waals surface area (Å²) in [5.41, 5.74) is -1.54. The molecule has 1 N–H and O–H groups in total. The van der Waals surface area contributed by atoms with E-state index in [1.54, 1.807) is 25.1 Å². The Morgan fingerprint density at radius 1 is 1.26 bits per heavy atom. The maximum absolute atomic E-state index is 14.5. The second-order valence-electron chi connectivity index (χ2n) is 7.54. The van der Waals surface area contributed by atoms with Crippen molar-refractivity contribution < 1.29 is 27.9 Å². The average molecular weight is 447 g/mol. The van der Waals surface area contributed by atoms with Crippen LogP contribution in [0.1, 0.15) is 25.1 Å². The third-order valence-corrected chi connectivity index (χ3v) is 6.55. The average Bonchev–Trinajstić information content (AvgIpc) is 3.45. The van der Waals surface area contributed by atoms with Crippen LogP contribution >= 0.6 is 11.8 Å². The molecule has 0 saturated carbocycles. The number of hydrogen-bond acceptors (Lipinski definition) is 7. The van der Waals surface area contributed by atoms with Crippen LogP contribution in [0, 0.1) is 17.7 Å². The van der Waals surface area contributed by atoms with Gasteiger partial charge in [-0.25, -0.2) is 9.29 Å². The number of ether oxygens (including phenoxy) is 1. The van der Waals surface area contributed by atoms with E-state index in [1.165, 1.54) is 36.2 Å². The van der Waals surface area contributed by atoms with Crippen molar-refractivity contribution in [3.05, 3.63) is 54.2 Å². The SMILES string of the molecule is CCOC(=O)C1(CCSC)NC(c2ccco2)C2C(=O)N(c3ccccc3F)C(=O)C21. The number of esters is 1. The molecule has 4 unspecified atom stereocenters. The van der Waals surface area contributed by atoms with Crippen molar-refractivity contribution in [3.8, 4) is 0 Å². The fourth-order valence-electron chi connectivity index (χ4n) is 4.63. The molecule has 2 aromatic rings. The molecular weight excluding hydrogens is 423 g/mol. The lowest BCUT2D eigenvalue weighted by atomic mass is 9.78. The van der Waals surface area contributed by atoms with Crippen molar-refractivity contribution in [2.45, 2.75) is 24.9 Å². The number of benzene rings is 1. The molecule has 2 aliphatic rings. The van der Waals surface area contributed by atoms with E-state index in [0.29, 0.717) is 11.5 Å². The summed E-state index contributed by atoms with van der Waals surface area (Å²) in [4.78, 5) is 41.2. The van der Waals surface area contributed by atoms with Gasteiger partial charge in [0.15, 0.2) is 0 Å². The highest BCUT2D eigenvalue weighted by Crippen LogP contribution is 2.51. The van der Waals surface area contributed by atoms with Crippen LogP contribution in [0.3, 0.4) is 0 Å². The van der Waals surface area contributed by atoms with E-state index in [4.69, 9.17) is 9.15 Å². The number of para-hydroxylation sites is 1. The fraction of sp³-hybridized carbons (Fsp3) is 0.409. The molecule has 164 valence electrons. The number of furan rings is 1. The molecule has 9 heteroatoms. The highest BCUT2D eigenvalue weighted by molar-refractivity contribution is 7.98. The molecule has 0 spiro atoms. The summed E-state index contributed by atoms with van der Waals surface area (Å²) >= 11 is 1.52. The van der Waals surface area contributed by atoms with Gasteiger partial charge in [0.25, 0.3) is 0 Å². The van der Waals surface area contributed by atoms with Gasteiger partial charge in [0.2, 0.25) is 11.8 Å². The highest BCUT2D eigenvalue weighted by Gasteiger charge is 2.69. The number of nitrogens with one attached hydrogen (secondary N) is 1. The van der Waals surface area contributed by atoms with Gasteiger partial charge >= 0.3 is 5.97 Å². The molecule has 1 aromatic carbocycles. The first kappa shape index (κ1) is 21.6. The summed E-state index contributed by atoms with van der Waals surface area (Å²) in [6, 6.07) is 8.26. The number of halogens is 1. The molecule has 7 nitrogen and oxygen atoms in total. The molecule has 3 heterocycles. The lowest BCUT2D eigenvalue weighted by Crippen LogP contribution is -2.57. The zero-order valence-electron chi connectivity index (χ0n) is 17.2. The first-order valence-corrected chi connectivity index (χ1v) is 11.4. The first-order valence-electron chi connectivity index (χ1n) is 10.1. The van der Waals surface area contributed by atoms with Gasteiger partial charge in [0.1, 0.15) is 17.1 Å². The van der Waals surface area contributed by atoms with E-state index in [-0.39, 0.29) is 18.7 Å². The van der Waals surface area contributed by atoms with Crippen LogP contribution < -0.4 is 10.2 Å². The molecule has 0 aliphatic carbocycles. The minimum Gasteiger partial charge on any atom is -0.468 e. The molecule has 2 fully saturated rings. The minimum absolute atomic E-state index is 0.118. The van der Waals surface area contributed by atoms with Gasteiger partial charge in [0.05, 0.1) is 36.4 Å². The van der Waals surface area contributed by atoms with Crippen LogP contribution in [0.25, 0.3) is 0 Å². The number of imide groups is 1. The van der Waals surface area contributed by atoms with Gasteiger partial charge < -0.3 is 9.15 Å². The molecule has 2 saturated heterocycles. The summed E-state index contributed by atoms with van der Waals surface area (Å²) in [7, 11) is 0. The van der Waals surface area contributed by atoms with E-state index in [2.05, 4.69) is 5.32 Å². The third-order valence-electron chi connectivity index (χ3n) is 5.94. The maximum Gasteiger partial charge on any atom is 0.327 e. The summed E-state index contributed by atoms with van der Waals surface area (Å²) in [6.45, 7) is 1.81. The number of thioether (sulfide) groups is 1. The Labute approximate surface area is 183 Å². The molecule has 31 heavy (non-hydrogen) atoms. The number of nitrogens with zero attached hydrogens (tertiary/aromatic N) is 1. The van der Waals surface area contributed by atoms with E-state index < -0.39 is 47.0 Å². The quantitative estimate of drug-likeness (QED) is 0.517. The number of carbonyl (C=O) groups is 3. The Morgan fingerprint density at radius 3 is 2.68 bits per heavy atom. The normalized spacial score (nSPS) is 27.6. The van der Waals surface area contributed by atoms with Crippen LogP contribution in [-0.4, -0.2) is 41.9 Å². The first-order chi connectivity index (χ1) is 15.0. The number of hydrogen-bond donors (Lipinski definition) is 1. The van der Waals surface area contributed by atoms with Crippen LogP contribution in [0.4, 0.5) is 10.1 Å². The predicted octanol–water partition coefficient (Wildman–Crippen LogP) is 2.92. The zero-order valence-corrected chi connectivity index (χ0v) is 18.0. The summed E-state index contributed by atoms with van der Waals surface area (Å²) in [5, 5.41) is 3.23. The largest absolute Gasteiger partial charge is 0.468 e. The molecule has 2 amide bonds. The Morgan fingerprint density at radius 2 is 2.03 bits per heavy atom. The van der Waals surface area contributed by atoms with E-state index >= 15 is 0 Å². The van der Waals surface area contributed by atoms with Gasteiger partial charge in [-0.2, -0.15) is 11.8 Å². The van der Waals surface area contributed by atoms with E-state index in [0.717, 1.165) is 4.90 Å². The summed E-state index contributed by atoms with van der Waals surface area (Å²) in [5.74, 6) is -3.43. The van der Waals surface area contributed by atoms with E-state index in [9.17, 15) is 18.8 Å². The van der Waals surface area contributed by atoms with Gasteiger partial charge in [-0.05, 0) is 49.6 Å². The molecule has 0 radical (unpaired) electrons. The standard InChI is InChI=1S/C22H23FN2O5S/c1-3-29-21(28)22(10-12-31-2)17-16(18(24-22)15-9-6-11-30-15)19(26)25(20(17)27)14-8-5-4-7-13(14)23/h4-9,11,16-18,24H,3,10,12H2,1-2H3. The second-order valence-corrected chi connectivity index (χ2v) is 8.52. The van der Waals surface area contributed by atoms with Crippen molar-refractivity contribution in [1.29, 1.82) is 0 Å². The zero-order chi connectivity index (χ0) is 22.2. The van der Waals surface area contributed by atoms with Crippen molar-refractivity contribution in [1.82, 2.24) is 5.32 Å². The fourth-order valence-corrected chi connectivity index (χ4v) is 5.15. The monoisotopic (exact) mass is 446 g/mol. The minimum atomic E-state index is -1.42. The molecule has 1 aromatic heterocycles. The number of fused-ring (bicyclic) bond motifs is 1. The van der Waals surface area contributed by atoms with Crippen molar-refractivity contribution >= 4 is 35.2 Å². The number of amides is 2. The Kier molecular flexibility index (Phi) is 5.90. The van der Waals surface area contributed by atoms with Gasteiger partial charge in [-0.1, -0.05) is 12.1 Å². The maximum atomic E-state index is 14.5. The number of carbonyl (C=O) groups excluding carboxylic acids is 3. The number of rotatable bonds is 7. The van der Waals surface area contributed by atoms with Crippen LogP contribution in [0.2, 0.25) is 0 Å². The molecule has 4 atom stereocenters. The highest BCUT2D eigenvalue weighted by atomic mass is 32.2. The van der Waals surface area contributed by atoms with Crippen molar-refractivity contribution in [3.63, 3.8) is 0 Å². The van der Waals surface area contributed by atoms with Crippen molar-refractivity contribution in [2.75, 3.05) is 23.5 Å². The van der Waals surface area contributed by atoms with E-state index in [1.807, 2.05) is 6.26 Å². The lowest BCUT2D eigenvalue weighted by molar-refractivity contribution is -0.154. The Bertz CT molecular complexity index is 998. The van der Waals surface area contributed by atoms with Gasteiger partial charge in [-0.15, -0.1) is 0 Å². The smallest absolute Gasteiger partial charge is 0.327 e.